The van der Waals surface area contributed by atoms with Crippen molar-refractivity contribution in [3.63, 3.8) is 0 Å². The molecule has 2 aromatic heterocycles. The standard InChI is InChI=1S/C27H23N3OS/c1-18-4-8-20(9-5-18)24-16-26(22-10-6-19(2)7-11-22)30(29-24)27-28-25(17-32-27)21-12-14-23(31-3)15-13-21/h4-17H,1-3H3. The lowest BCUT2D eigenvalue weighted by Gasteiger charge is -2.05. The van der Waals surface area contributed by atoms with Crippen molar-refractivity contribution in [1.82, 2.24) is 14.8 Å². The van der Waals surface area contributed by atoms with Crippen molar-refractivity contribution in [2.75, 3.05) is 7.11 Å². The summed E-state index contributed by atoms with van der Waals surface area (Å²) < 4.78 is 7.23. The van der Waals surface area contributed by atoms with Gasteiger partial charge in [0.05, 0.1) is 24.2 Å². The maximum atomic E-state index is 5.27. The molecule has 2 heterocycles. The first-order valence-corrected chi connectivity index (χ1v) is 11.3. The molecular weight excluding hydrogens is 414 g/mol. The molecule has 0 fully saturated rings. The zero-order valence-corrected chi connectivity index (χ0v) is 19.1. The number of hydrogen-bond donors (Lipinski definition) is 0. The second-order valence-corrected chi connectivity index (χ2v) is 8.64. The van der Waals surface area contributed by atoms with Gasteiger partial charge >= 0.3 is 0 Å². The molecule has 32 heavy (non-hydrogen) atoms. The Morgan fingerprint density at radius 2 is 1.28 bits per heavy atom. The minimum Gasteiger partial charge on any atom is -0.497 e. The topological polar surface area (TPSA) is 39.9 Å². The lowest BCUT2D eigenvalue weighted by molar-refractivity contribution is 0.415. The summed E-state index contributed by atoms with van der Waals surface area (Å²) in [6.45, 7) is 4.19. The van der Waals surface area contributed by atoms with Gasteiger partial charge in [-0.25, -0.2) is 9.67 Å². The summed E-state index contributed by atoms with van der Waals surface area (Å²) in [6.07, 6.45) is 0. The summed E-state index contributed by atoms with van der Waals surface area (Å²) in [7, 11) is 1.67. The summed E-state index contributed by atoms with van der Waals surface area (Å²) in [5.74, 6) is 0.834. The molecule has 158 valence electrons. The van der Waals surface area contributed by atoms with Crippen molar-refractivity contribution in [2.45, 2.75) is 13.8 Å². The van der Waals surface area contributed by atoms with Crippen LogP contribution in [0.2, 0.25) is 0 Å². The summed E-state index contributed by atoms with van der Waals surface area (Å²) in [4.78, 5) is 4.91. The maximum absolute atomic E-state index is 5.27. The van der Waals surface area contributed by atoms with Gasteiger partial charge in [-0.05, 0) is 44.2 Å². The van der Waals surface area contributed by atoms with E-state index in [1.165, 1.54) is 11.1 Å². The summed E-state index contributed by atoms with van der Waals surface area (Å²) in [6, 6.07) is 27.1. The number of benzene rings is 3. The molecule has 0 unspecified atom stereocenters. The number of methoxy groups -OCH3 is 1. The first-order chi connectivity index (χ1) is 15.6. The number of nitrogens with zero attached hydrogens (tertiary/aromatic N) is 3. The highest BCUT2D eigenvalue weighted by atomic mass is 32.1. The van der Waals surface area contributed by atoms with E-state index in [9.17, 15) is 0 Å². The van der Waals surface area contributed by atoms with E-state index >= 15 is 0 Å². The van der Waals surface area contributed by atoms with Gasteiger partial charge in [0.2, 0.25) is 5.13 Å². The number of ether oxygens (including phenoxy) is 1. The molecular formula is C27H23N3OS. The fourth-order valence-electron chi connectivity index (χ4n) is 3.58. The summed E-state index contributed by atoms with van der Waals surface area (Å²) >= 11 is 1.59. The highest BCUT2D eigenvalue weighted by molar-refractivity contribution is 7.12. The van der Waals surface area contributed by atoms with Crippen molar-refractivity contribution in [1.29, 1.82) is 0 Å². The predicted molar refractivity (Wildman–Crippen MR) is 132 cm³/mol. The van der Waals surface area contributed by atoms with Gasteiger partial charge in [0.25, 0.3) is 0 Å². The Labute approximate surface area is 191 Å². The van der Waals surface area contributed by atoms with E-state index in [2.05, 4.69) is 73.8 Å². The number of thiazole rings is 1. The van der Waals surface area contributed by atoms with Crippen LogP contribution in [0, 0.1) is 13.8 Å². The predicted octanol–water partition coefficient (Wildman–Crippen LogP) is 6.96. The van der Waals surface area contributed by atoms with Crippen LogP contribution in [0.15, 0.2) is 84.2 Å². The molecule has 0 atom stereocenters. The minimum atomic E-state index is 0.834. The van der Waals surface area contributed by atoms with E-state index in [1.807, 2.05) is 28.9 Å². The first kappa shape index (κ1) is 20.2. The monoisotopic (exact) mass is 437 g/mol. The minimum absolute atomic E-state index is 0.834. The van der Waals surface area contributed by atoms with Gasteiger partial charge in [-0.2, -0.15) is 5.10 Å². The SMILES string of the molecule is COc1ccc(-c2csc(-n3nc(-c4ccc(C)cc4)cc3-c3ccc(C)cc3)n2)cc1. The Morgan fingerprint density at radius 3 is 1.91 bits per heavy atom. The second-order valence-electron chi connectivity index (χ2n) is 7.80. The second kappa shape index (κ2) is 8.44. The van der Waals surface area contributed by atoms with Crippen LogP contribution in [-0.4, -0.2) is 21.9 Å². The molecule has 0 aliphatic rings. The molecule has 0 N–H and O–H groups in total. The van der Waals surface area contributed by atoms with Crippen molar-refractivity contribution in [3.05, 3.63) is 95.4 Å². The average Bonchev–Trinajstić information content (AvgIpc) is 3.48. The quantitative estimate of drug-likeness (QED) is 0.298. The van der Waals surface area contributed by atoms with E-state index in [-0.39, 0.29) is 0 Å². The fraction of sp³-hybridized carbons (Fsp3) is 0.111. The van der Waals surface area contributed by atoms with Crippen LogP contribution in [0.4, 0.5) is 0 Å². The van der Waals surface area contributed by atoms with Gasteiger partial charge in [-0.3, -0.25) is 0 Å². The highest BCUT2D eigenvalue weighted by Crippen LogP contribution is 2.32. The molecule has 0 radical (unpaired) electrons. The zero-order valence-electron chi connectivity index (χ0n) is 18.2. The van der Waals surface area contributed by atoms with Gasteiger partial charge in [-0.15, -0.1) is 11.3 Å². The number of aryl methyl sites for hydroxylation is 2. The molecule has 0 spiro atoms. The molecule has 0 aliphatic heterocycles. The van der Waals surface area contributed by atoms with Crippen molar-refractivity contribution in [3.8, 4) is 44.7 Å². The van der Waals surface area contributed by atoms with E-state index in [0.717, 1.165) is 44.7 Å². The first-order valence-electron chi connectivity index (χ1n) is 10.5. The van der Waals surface area contributed by atoms with Gasteiger partial charge in [0, 0.05) is 22.1 Å². The van der Waals surface area contributed by atoms with Crippen LogP contribution in [0.25, 0.3) is 38.9 Å². The largest absolute Gasteiger partial charge is 0.497 e. The fourth-order valence-corrected chi connectivity index (χ4v) is 4.37. The normalized spacial score (nSPS) is 11.0. The van der Waals surface area contributed by atoms with Gasteiger partial charge in [0.1, 0.15) is 5.75 Å². The molecule has 0 aliphatic carbocycles. The Kier molecular flexibility index (Phi) is 5.33. The molecule has 5 rings (SSSR count). The van der Waals surface area contributed by atoms with Crippen LogP contribution in [0.5, 0.6) is 5.75 Å². The number of aromatic nitrogens is 3. The maximum Gasteiger partial charge on any atom is 0.211 e. The van der Waals surface area contributed by atoms with E-state index in [4.69, 9.17) is 14.8 Å². The van der Waals surface area contributed by atoms with E-state index < -0.39 is 0 Å². The lowest BCUT2D eigenvalue weighted by atomic mass is 10.1. The number of rotatable bonds is 5. The molecule has 0 bridgehead atoms. The third-order valence-electron chi connectivity index (χ3n) is 5.46. The third kappa shape index (κ3) is 3.95. The molecule has 0 saturated carbocycles. The van der Waals surface area contributed by atoms with Crippen LogP contribution >= 0.6 is 11.3 Å². The van der Waals surface area contributed by atoms with Crippen LogP contribution in [0.3, 0.4) is 0 Å². The van der Waals surface area contributed by atoms with Crippen LogP contribution in [0.1, 0.15) is 11.1 Å². The van der Waals surface area contributed by atoms with Crippen LogP contribution < -0.4 is 4.74 Å². The smallest absolute Gasteiger partial charge is 0.211 e. The lowest BCUT2D eigenvalue weighted by Crippen LogP contribution is -1.99. The Bertz CT molecular complexity index is 1350. The third-order valence-corrected chi connectivity index (χ3v) is 6.28. The summed E-state index contributed by atoms with van der Waals surface area (Å²) in [5, 5.41) is 7.87. The van der Waals surface area contributed by atoms with Crippen molar-refractivity contribution >= 4 is 11.3 Å². The Balaban J connectivity index is 1.59. The molecule has 0 amide bonds. The van der Waals surface area contributed by atoms with E-state index in [1.54, 1.807) is 18.4 Å². The Hall–Kier alpha value is -3.70. The molecule has 3 aromatic carbocycles. The van der Waals surface area contributed by atoms with Crippen molar-refractivity contribution < 1.29 is 4.74 Å². The molecule has 0 saturated heterocycles. The van der Waals surface area contributed by atoms with Crippen molar-refractivity contribution in [2.24, 2.45) is 0 Å². The van der Waals surface area contributed by atoms with E-state index in [0.29, 0.717) is 0 Å². The van der Waals surface area contributed by atoms with Gasteiger partial charge < -0.3 is 4.74 Å². The van der Waals surface area contributed by atoms with Crippen LogP contribution in [-0.2, 0) is 0 Å². The van der Waals surface area contributed by atoms with Gasteiger partial charge in [0.15, 0.2) is 0 Å². The Morgan fingerprint density at radius 1 is 0.719 bits per heavy atom. The average molecular weight is 438 g/mol. The molecule has 5 heteroatoms. The molecule has 4 nitrogen and oxygen atoms in total. The molecule has 5 aromatic rings. The van der Waals surface area contributed by atoms with Gasteiger partial charge in [-0.1, -0.05) is 59.7 Å². The number of hydrogen-bond acceptors (Lipinski definition) is 4. The summed E-state index contributed by atoms with van der Waals surface area (Å²) in [5.41, 5.74) is 8.60. The highest BCUT2D eigenvalue weighted by Gasteiger charge is 2.16. The zero-order chi connectivity index (χ0) is 22.1.